The molecule has 3 heterocycles. The van der Waals surface area contributed by atoms with E-state index in [2.05, 4.69) is 19.6 Å². The summed E-state index contributed by atoms with van der Waals surface area (Å²) in [5.41, 5.74) is 1.53. The number of aryl methyl sites for hydroxylation is 2. The van der Waals surface area contributed by atoms with Crippen molar-refractivity contribution in [2.45, 2.75) is 32.6 Å². The molecular weight excluding hydrogens is 374 g/mol. The van der Waals surface area contributed by atoms with Gasteiger partial charge in [-0.15, -0.1) is 5.10 Å². The molecule has 1 saturated heterocycles. The second-order valence-electron chi connectivity index (χ2n) is 6.90. The Morgan fingerprint density at radius 1 is 1.21 bits per heavy atom. The average molecular weight is 395 g/mol. The van der Waals surface area contributed by atoms with Gasteiger partial charge in [0.2, 0.25) is 5.88 Å². The zero-order valence-electron chi connectivity index (χ0n) is 15.8. The molecule has 1 aliphatic rings. The monoisotopic (exact) mass is 395 g/mol. The first-order valence-electron chi connectivity index (χ1n) is 9.27. The van der Waals surface area contributed by atoms with E-state index >= 15 is 0 Å². The minimum Gasteiger partial charge on any atom is -0.439 e. The summed E-state index contributed by atoms with van der Waals surface area (Å²) in [6, 6.07) is 11.4. The fraction of sp³-hybridized carbons (Fsp3) is 0.350. The van der Waals surface area contributed by atoms with Crippen LogP contribution in [0.3, 0.4) is 0 Å². The van der Waals surface area contributed by atoms with Crippen LogP contribution < -0.4 is 4.74 Å². The lowest BCUT2D eigenvalue weighted by Crippen LogP contribution is -2.39. The Labute approximate surface area is 167 Å². The lowest BCUT2D eigenvalue weighted by atomic mass is 9.97. The number of likely N-dealkylation sites (tertiary alicyclic amines) is 1. The molecule has 28 heavy (non-hydrogen) atoms. The summed E-state index contributed by atoms with van der Waals surface area (Å²) >= 11 is 1.15. The minimum atomic E-state index is -0.00869. The summed E-state index contributed by atoms with van der Waals surface area (Å²) in [7, 11) is 0. The van der Waals surface area contributed by atoms with Crippen molar-refractivity contribution in [1.29, 1.82) is 0 Å². The lowest BCUT2D eigenvalue weighted by molar-refractivity contribution is 0.0708. The first-order valence-corrected chi connectivity index (χ1v) is 10.0. The molecule has 1 atom stereocenters. The van der Waals surface area contributed by atoms with Gasteiger partial charge in [-0.05, 0) is 50.4 Å². The van der Waals surface area contributed by atoms with Crippen LogP contribution in [-0.2, 0) is 0 Å². The Bertz CT molecular complexity index is 976. The molecule has 7 nitrogen and oxygen atoms in total. The number of nitrogens with zero attached hydrogens (tertiary/aromatic N) is 5. The van der Waals surface area contributed by atoms with E-state index in [1.54, 1.807) is 0 Å². The third kappa shape index (κ3) is 4.01. The summed E-state index contributed by atoms with van der Waals surface area (Å²) in [4.78, 5) is 24.6. The van der Waals surface area contributed by atoms with Gasteiger partial charge < -0.3 is 9.64 Å². The molecule has 0 unspecified atom stereocenters. The number of carbonyl (C=O) groups is 1. The fourth-order valence-corrected chi connectivity index (χ4v) is 3.97. The summed E-state index contributed by atoms with van der Waals surface area (Å²) in [6.45, 7) is 5.06. The number of benzene rings is 1. The van der Waals surface area contributed by atoms with Crippen LogP contribution >= 0.6 is 11.5 Å². The molecule has 0 aliphatic carbocycles. The van der Waals surface area contributed by atoms with Crippen molar-refractivity contribution < 1.29 is 9.53 Å². The highest BCUT2D eigenvalue weighted by molar-refractivity contribution is 7.07. The number of hydrogen-bond donors (Lipinski definition) is 0. The van der Waals surface area contributed by atoms with E-state index in [1.807, 2.05) is 55.1 Å². The molecule has 0 radical (unpaired) electrons. The minimum absolute atomic E-state index is 0.00869. The molecule has 3 aromatic rings. The average Bonchev–Trinajstić information content (AvgIpc) is 3.14. The highest BCUT2D eigenvalue weighted by atomic mass is 32.1. The van der Waals surface area contributed by atoms with E-state index in [-0.39, 0.29) is 11.8 Å². The van der Waals surface area contributed by atoms with Crippen LogP contribution in [0.15, 0.2) is 36.4 Å². The molecule has 144 valence electrons. The van der Waals surface area contributed by atoms with Gasteiger partial charge in [-0.3, -0.25) is 4.79 Å². The van der Waals surface area contributed by atoms with Gasteiger partial charge in [-0.1, -0.05) is 22.7 Å². The van der Waals surface area contributed by atoms with Crippen LogP contribution in [0, 0.1) is 13.8 Å². The van der Waals surface area contributed by atoms with Crippen LogP contribution in [0.5, 0.6) is 11.6 Å². The second kappa shape index (κ2) is 8.02. The molecule has 2 aromatic heterocycles. The molecule has 0 saturated carbocycles. The van der Waals surface area contributed by atoms with Crippen LogP contribution in [0.4, 0.5) is 0 Å². The van der Waals surface area contributed by atoms with Crippen molar-refractivity contribution in [3.05, 3.63) is 58.5 Å². The van der Waals surface area contributed by atoms with Crippen molar-refractivity contribution in [3.63, 3.8) is 0 Å². The van der Waals surface area contributed by atoms with Crippen LogP contribution in [0.1, 0.15) is 45.6 Å². The number of rotatable bonds is 4. The Morgan fingerprint density at radius 2 is 2.04 bits per heavy atom. The lowest BCUT2D eigenvalue weighted by Gasteiger charge is -2.31. The van der Waals surface area contributed by atoms with Gasteiger partial charge in [0.25, 0.3) is 5.91 Å². The highest BCUT2D eigenvalue weighted by Gasteiger charge is 2.29. The molecule has 0 N–H and O–H groups in total. The standard InChI is InChI=1S/C20H21N5O2S/c1-13-11-17(27-16-8-4-3-5-9-16)22-19(21-13)15-7-6-10-25(12-15)20(26)18-14(2)23-24-28-18/h3-5,8-9,11,15H,6-7,10,12H2,1-2H3/t15-/m1/s1. The molecule has 0 bridgehead atoms. The van der Waals surface area contributed by atoms with Gasteiger partial charge in [-0.2, -0.15) is 4.98 Å². The molecule has 1 aromatic carbocycles. The van der Waals surface area contributed by atoms with Gasteiger partial charge in [0.05, 0.1) is 5.69 Å². The zero-order chi connectivity index (χ0) is 19.5. The molecule has 1 amide bonds. The maximum Gasteiger partial charge on any atom is 0.267 e. The van der Waals surface area contributed by atoms with E-state index in [9.17, 15) is 4.79 Å². The van der Waals surface area contributed by atoms with E-state index in [0.717, 1.165) is 48.2 Å². The quantitative estimate of drug-likeness (QED) is 0.669. The summed E-state index contributed by atoms with van der Waals surface area (Å²) in [6.07, 6.45) is 1.85. The molecule has 0 spiro atoms. The van der Waals surface area contributed by atoms with Crippen LogP contribution in [0.2, 0.25) is 0 Å². The van der Waals surface area contributed by atoms with E-state index < -0.39 is 0 Å². The summed E-state index contributed by atoms with van der Waals surface area (Å²) in [5.74, 6) is 2.06. The number of carbonyl (C=O) groups excluding carboxylic acids is 1. The third-order valence-electron chi connectivity index (χ3n) is 4.73. The summed E-state index contributed by atoms with van der Waals surface area (Å²) in [5, 5.41) is 3.95. The normalized spacial score (nSPS) is 16.8. The Morgan fingerprint density at radius 3 is 2.79 bits per heavy atom. The maximum atomic E-state index is 12.8. The van der Waals surface area contributed by atoms with Crippen molar-refractivity contribution >= 4 is 17.4 Å². The molecular formula is C20H21N5O2S. The Hall–Kier alpha value is -2.87. The SMILES string of the molecule is Cc1cc(Oc2ccccc2)nc([C@@H]2CCCN(C(=O)c3snnc3C)C2)n1. The molecule has 1 aliphatic heterocycles. The molecule has 1 fully saturated rings. The van der Waals surface area contributed by atoms with Crippen molar-refractivity contribution in [1.82, 2.24) is 24.5 Å². The second-order valence-corrected chi connectivity index (χ2v) is 7.65. The smallest absolute Gasteiger partial charge is 0.267 e. The van der Waals surface area contributed by atoms with Crippen molar-refractivity contribution in [3.8, 4) is 11.6 Å². The van der Waals surface area contributed by atoms with Crippen molar-refractivity contribution in [2.75, 3.05) is 13.1 Å². The summed E-state index contributed by atoms with van der Waals surface area (Å²) < 4.78 is 9.77. The van der Waals surface area contributed by atoms with Gasteiger partial charge in [0, 0.05) is 30.8 Å². The van der Waals surface area contributed by atoms with Gasteiger partial charge >= 0.3 is 0 Å². The van der Waals surface area contributed by atoms with Crippen LogP contribution in [-0.4, -0.2) is 43.5 Å². The van der Waals surface area contributed by atoms with Crippen molar-refractivity contribution in [2.24, 2.45) is 0 Å². The first-order chi connectivity index (χ1) is 13.6. The fourth-order valence-electron chi connectivity index (χ4n) is 3.35. The number of hydrogen-bond acceptors (Lipinski definition) is 7. The number of piperidine rings is 1. The van der Waals surface area contributed by atoms with Crippen LogP contribution in [0.25, 0.3) is 0 Å². The van der Waals surface area contributed by atoms with Gasteiger partial charge in [0.1, 0.15) is 16.5 Å². The topological polar surface area (TPSA) is 81.1 Å². The first kappa shape index (κ1) is 18.5. The maximum absolute atomic E-state index is 12.8. The largest absolute Gasteiger partial charge is 0.439 e. The predicted octanol–water partition coefficient (Wildman–Crippen LogP) is 3.76. The number of para-hydroxylation sites is 1. The molecule has 8 heteroatoms. The number of amides is 1. The van der Waals surface area contributed by atoms with Gasteiger partial charge in [-0.25, -0.2) is 4.98 Å². The highest BCUT2D eigenvalue weighted by Crippen LogP contribution is 2.29. The Balaban J connectivity index is 1.53. The zero-order valence-corrected chi connectivity index (χ0v) is 16.6. The molecule has 4 rings (SSSR count). The third-order valence-corrected chi connectivity index (χ3v) is 5.55. The number of aromatic nitrogens is 4. The predicted molar refractivity (Wildman–Crippen MR) is 106 cm³/mol. The van der Waals surface area contributed by atoms with E-state index in [1.165, 1.54) is 0 Å². The van der Waals surface area contributed by atoms with E-state index in [0.29, 0.717) is 23.0 Å². The number of ether oxygens (including phenoxy) is 1. The Kier molecular flexibility index (Phi) is 5.29. The van der Waals surface area contributed by atoms with E-state index in [4.69, 9.17) is 4.74 Å². The van der Waals surface area contributed by atoms with Gasteiger partial charge in [0.15, 0.2) is 0 Å².